The van der Waals surface area contributed by atoms with Crippen molar-refractivity contribution in [2.75, 3.05) is 0 Å². The minimum atomic E-state index is -0.916. The number of aliphatic hydroxyl groups is 3. The van der Waals surface area contributed by atoms with Crippen LogP contribution in [-0.2, 0) is 0 Å². The van der Waals surface area contributed by atoms with Crippen molar-refractivity contribution in [3.63, 3.8) is 0 Å². The molecule has 2 heterocycles. The molecule has 2 aromatic heterocycles. The van der Waals surface area contributed by atoms with Gasteiger partial charge in [0.1, 0.15) is 18.1 Å². The summed E-state index contributed by atoms with van der Waals surface area (Å²) in [7, 11) is 0. The lowest BCUT2D eigenvalue weighted by molar-refractivity contribution is -0.0212. The van der Waals surface area contributed by atoms with E-state index in [2.05, 4.69) is 9.97 Å². The van der Waals surface area contributed by atoms with Gasteiger partial charge in [-0.15, -0.1) is 0 Å². The highest BCUT2D eigenvalue weighted by molar-refractivity contribution is 5.78. The fourth-order valence-electron chi connectivity index (χ4n) is 3.16. The maximum atomic E-state index is 10.3. The monoisotopic (exact) mass is 277 g/mol. The first-order valence-electron chi connectivity index (χ1n) is 6.83. The number of rotatable bonds is 2. The van der Waals surface area contributed by atoms with Gasteiger partial charge in [0.15, 0.2) is 0 Å². The fraction of sp³-hybridized carbons (Fsp3) is 0.571. The summed E-state index contributed by atoms with van der Waals surface area (Å²) in [6.45, 7) is 3.55. The molecule has 6 nitrogen and oxygen atoms in total. The van der Waals surface area contributed by atoms with E-state index in [1.54, 1.807) is 6.92 Å². The Labute approximate surface area is 116 Å². The van der Waals surface area contributed by atoms with Crippen molar-refractivity contribution in [2.45, 2.75) is 44.6 Å². The molecule has 3 N–H and O–H groups in total. The largest absolute Gasteiger partial charge is 0.393 e. The third kappa shape index (κ3) is 1.91. The summed E-state index contributed by atoms with van der Waals surface area (Å²) in [5, 5.41) is 31.0. The average Bonchev–Trinajstić information content (AvgIpc) is 2.94. The second kappa shape index (κ2) is 4.80. The number of aromatic nitrogens is 3. The topological polar surface area (TPSA) is 91.4 Å². The summed E-state index contributed by atoms with van der Waals surface area (Å²) in [6.07, 6.45) is 1.41. The van der Waals surface area contributed by atoms with Gasteiger partial charge in [-0.05, 0) is 26.3 Å². The van der Waals surface area contributed by atoms with Crippen molar-refractivity contribution in [2.24, 2.45) is 5.92 Å². The average molecular weight is 277 g/mol. The molecule has 0 aromatic carbocycles. The maximum Gasteiger partial charge on any atom is 0.143 e. The molecule has 108 valence electrons. The van der Waals surface area contributed by atoms with E-state index in [-0.39, 0.29) is 12.0 Å². The summed E-state index contributed by atoms with van der Waals surface area (Å²) >= 11 is 0. The first kappa shape index (κ1) is 13.5. The Morgan fingerprint density at radius 2 is 2.05 bits per heavy atom. The SMILES string of the molecule is Cc1ncnc2c1ccn2[C@@H]1C[C@H]([C@@H](C)O)[C@@H](O)[C@H]1O. The molecule has 5 atom stereocenters. The van der Waals surface area contributed by atoms with Crippen LogP contribution in [0.25, 0.3) is 11.0 Å². The van der Waals surface area contributed by atoms with E-state index in [4.69, 9.17) is 0 Å². The molecule has 6 heteroatoms. The first-order chi connectivity index (χ1) is 9.50. The zero-order valence-electron chi connectivity index (χ0n) is 11.5. The van der Waals surface area contributed by atoms with Crippen LogP contribution in [0.15, 0.2) is 18.6 Å². The lowest BCUT2D eigenvalue weighted by atomic mass is 10.00. The fourth-order valence-corrected chi connectivity index (χ4v) is 3.16. The second-order valence-electron chi connectivity index (χ2n) is 5.61. The molecule has 0 spiro atoms. The van der Waals surface area contributed by atoms with Crippen molar-refractivity contribution in [1.82, 2.24) is 14.5 Å². The van der Waals surface area contributed by atoms with E-state index in [1.807, 2.05) is 23.8 Å². The Kier molecular flexibility index (Phi) is 3.24. The Balaban J connectivity index is 2.02. The van der Waals surface area contributed by atoms with Crippen LogP contribution in [0, 0.1) is 12.8 Å². The highest BCUT2D eigenvalue weighted by Crippen LogP contribution is 2.38. The molecule has 0 saturated heterocycles. The standard InChI is InChI=1S/C14H19N3O3/c1-7-9-3-4-17(14(9)16-6-15-7)11-5-10(8(2)18)12(19)13(11)20/h3-4,6,8,10-13,18-20H,5H2,1-2H3/t8-,10-,11-,12-,13+/m1/s1. The third-order valence-electron chi connectivity index (χ3n) is 4.38. The molecule has 0 bridgehead atoms. The van der Waals surface area contributed by atoms with E-state index in [0.29, 0.717) is 6.42 Å². The minimum Gasteiger partial charge on any atom is -0.393 e. The van der Waals surface area contributed by atoms with Gasteiger partial charge in [-0.3, -0.25) is 0 Å². The van der Waals surface area contributed by atoms with Crippen molar-refractivity contribution in [1.29, 1.82) is 0 Å². The van der Waals surface area contributed by atoms with Crippen LogP contribution in [0.1, 0.15) is 25.1 Å². The van der Waals surface area contributed by atoms with E-state index >= 15 is 0 Å². The van der Waals surface area contributed by atoms with Crippen LogP contribution < -0.4 is 0 Å². The maximum absolute atomic E-state index is 10.3. The van der Waals surface area contributed by atoms with Gasteiger partial charge in [0.25, 0.3) is 0 Å². The van der Waals surface area contributed by atoms with E-state index in [1.165, 1.54) is 6.33 Å². The van der Waals surface area contributed by atoms with Gasteiger partial charge in [-0.25, -0.2) is 9.97 Å². The van der Waals surface area contributed by atoms with E-state index < -0.39 is 18.3 Å². The van der Waals surface area contributed by atoms with Gasteiger partial charge >= 0.3 is 0 Å². The third-order valence-corrected chi connectivity index (χ3v) is 4.38. The normalized spacial score (nSPS) is 31.9. The van der Waals surface area contributed by atoms with E-state index in [9.17, 15) is 15.3 Å². The van der Waals surface area contributed by atoms with Gasteiger partial charge in [-0.2, -0.15) is 0 Å². The van der Waals surface area contributed by atoms with Gasteiger partial charge < -0.3 is 19.9 Å². The van der Waals surface area contributed by atoms with Gasteiger partial charge in [0, 0.05) is 17.5 Å². The molecule has 1 fully saturated rings. The summed E-state index contributed by atoms with van der Waals surface area (Å²) in [6, 6.07) is 1.64. The molecule has 3 rings (SSSR count). The van der Waals surface area contributed by atoms with Crippen molar-refractivity contribution in [3.8, 4) is 0 Å². The van der Waals surface area contributed by atoms with Crippen LogP contribution in [0.2, 0.25) is 0 Å². The number of fused-ring (bicyclic) bond motifs is 1. The van der Waals surface area contributed by atoms with Gasteiger partial charge in [0.2, 0.25) is 0 Å². The molecular formula is C14H19N3O3. The number of nitrogens with zero attached hydrogens (tertiary/aromatic N) is 3. The molecular weight excluding hydrogens is 258 g/mol. The summed E-state index contributed by atoms with van der Waals surface area (Å²) in [5.74, 6) is -0.324. The zero-order valence-corrected chi connectivity index (χ0v) is 11.5. The lowest BCUT2D eigenvalue weighted by Gasteiger charge is -2.19. The van der Waals surface area contributed by atoms with Crippen LogP contribution in [-0.4, -0.2) is 48.2 Å². The summed E-state index contributed by atoms with van der Waals surface area (Å²) < 4.78 is 1.88. The van der Waals surface area contributed by atoms with Crippen molar-refractivity contribution in [3.05, 3.63) is 24.3 Å². The van der Waals surface area contributed by atoms with Crippen LogP contribution in [0.5, 0.6) is 0 Å². The predicted octanol–water partition coefficient (Wildman–Crippen LogP) is 0.403. The lowest BCUT2D eigenvalue weighted by Crippen LogP contribution is -2.32. The van der Waals surface area contributed by atoms with Gasteiger partial charge in [-0.1, -0.05) is 0 Å². The quantitative estimate of drug-likeness (QED) is 0.739. The first-order valence-corrected chi connectivity index (χ1v) is 6.83. The molecule has 0 amide bonds. The molecule has 0 unspecified atom stereocenters. The molecule has 0 aliphatic heterocycles. The molecule has 20 heavy (non-hydrogen) atoms. The molecule has 0 radical (unpaired) electrons. The highest BCUT2D eigenvalue weighted by Gasteiger charge is 2.44. The Bertz CT molecular complexity index is 625. The molecule has 1 saturated carbocycles. The Morgan fingerprint density at radius 3 is 2.70 bits per heavy atom. The minimum absolute atomic E-state index is 0.281. The van der Waals surface area contributed by atoms with E-state index in [0.717, 1.165) is 16.7 Å². The second-order valence-corrected chi connectivity index (χ2v) is 5.61. The number of aryl methyl sites for hydroxylation is 1. The molecule has 1 aliphatic rings. The number of hydrogen-bond donors (Lipinski definition) is 3. The van der Waals surface area contributed by atoms with Crippen molar-refractivity contribution >= 4 is 11.0 Å². The predicted molar refractivity (Wildman–Crippen MR) is 73.1 cm³/mol. The van der Waals surface area contributed by atoms with Crippen LogP contribution in [0.3, 0.4) is 0 Å². The summed E-state index contributed by atoms with van der Waals surface area (Å²) in [5.41, 5.74) is 1.63. The number of aliphatic hydroxyl groups excluding tert-OH is 3. The highest BCUT2D eigenvalue weighted by atomic mass is 16.3. The summed E-state index contributed by atoms with van der Waals surface area (Å²) in [4.78, 5) is 8.42. The van der Waals surface area contributed by atoms with Gasteiger partial charge in [0.05, 0.1) is 23.9 Å². The molecule has 2 aromatic rings. The number of hydrogen-bond acceptors (Lipinski definition) is 5. The van der Waals surface area contributed by atoms with Crippen molar-refractivity contribution < 1.29 is 15.3 Å². The Hall–Kier alpha value is -1.50. The van der Waals surface area contributed by atoms with Crippen LogP contribution >= 0.6 is 0 Å². The Morgan fingerprint density at radius 1 is 1.30 bits per heavy atom. The van der Waals surface area contributed by atoms with Crippen LogP contribution in [0.4, 0.5) is 0 Å². The molecule has 1 aliphatic carbocycles. The zero-order chi connectivity index (χ0) is 14.4. The smallest absolute Gasteiger partial charge is 0.143 e.